The molecular formula is C37H50F2O. The molecule has 3 heteroatoms. The van der Waals surface area contributed by atoms with Crippen molar-refractivity contribution in [3.05, 3.63) is 76.9 Å². The van der Waals surface area contributed by atoms with Gasteiger partial charge in [-0.3, -0.25) is 0 Å². The van der Waals surface area contributed by atoms with Crippen LogP contribution in [0.3, 0.4) is 0 Å². The van der Waals surface area contributed by atoms with Crippen molar-refractivity contribution < 1.29 is 13.5 Å². The first-order valence-electron chi connectivity index (χ1n) is 16.3. The minimum absolute atomic E-state index is 0.0746. The first kappa shape index (κ1) is 29.3. The Bertz CT molecular complexity index is 1100. The maximum Gasteiger partial charge on any atom is 0.200 e. The van der Waals surface area contributed by atoms with Gasteiger partial charge in [0.2, 0.25) is 5.82 Å². The molecule has 3 aliphatic carbocycles. The van der Waals surface area contributed by atoms with Gasteiger partial charge in [0.15, 0.2) is 11.6 Å². The molecule has 0 heterocycles. The highest BCUT2D eigenvalue weighted by Gasteiger charge is 2.39. The maximum atomic E-state index is 14.7. The molecular weight excluding hydrogens is 498 g/mol. The molecule has 0 bridgehead atoms. The fraction of sp³-hybridized carbons (Fsp3) is 0.622. The van der Waals surface area contributed by atoms with Crippen LogP contribution in [0.5, 0.6) is 5.75 Å². The monoisotopic (exact) mass is 548 g/mol. The van der Waals surface area contributed by atoms with E-state index < -0.39 is 11.6 Å². The van der Waals surface area contributed by atoms with Gasteiger partial charge in [0.05, 0.1) is 6.61 Å². The van der Waals surface area contributed by atoms with E-state index in [1.54, 1.807) is 17.7 Å². The minimum atomic E-state index is -0.824. The largest absolute Gasteiger partial charge is 0.490 e. The van der Waals surface area contributed by atoms with Crippen molar-refractivity contribution in [3.8, 4) is 5.75 Å². The third kappa shape index (κ3) is 7.18. The Labute approximate surface area is 241 Å². The zero-order chi connectivity index (χ0) is 27.9. The van der Waals surface area contributed by atoms with Crippen LogP contribution >= 0.6 is 0 Å². The van der Waals surface area contributed by atoms with E-state index in [1.807, 2.05) is 19.1 Å². The van der Waals surface area contributed by atoms with Crippen LogP contribution in [0.15, 0.2) is 48.6 Å². The Kier molecular flexibility index (Phi) is 10.4. The van der Waals surface area contributed by atoms with Gasteiger partial charge in [-0.05, 0) is 149 Å². The number of halogens is 2. The molecule has 2 aromatic carbocycles. The molecule has 1 nitrogen and oxygen atoms in total. The molecule has 0 radical (unpaired) electrons. The summed E-state index contributed by atoms with van der Waals surface area (Å²) >= 11 is 0. The first-order chi connectivity index (χ1) is 19.6. The lowest BCUT2D eigenvalue weighted by atomic mass is 9.61. The number of rotatable bonds is 10. The van der Waals surface area contributed by atoms with Crippen molar-refractivity contribution in [2.75, 3.05) is 6.61 Å². The van der Waals surface area contributed by atoms with Gasteiger partial charge < -0.3 is 4.74 Å². The van der Waals surface area contributed by atoms with Gasteiger partial charge in [-0.2, -0.15) is 4.39 Å². The van der Waals surface area contributed by atoms with Crippen LogP contribution in [0, 0.1) is 41.2 Å². The summed E-state index contributed by atoms with van der Waals surface area (Å²) in [5.41, 5.74) is 3.46. The first-order valence-corrected chi connectivity index (χ1v) is 16.3. The lowest BCUT2D eigenvalue weighted by Crippen LogP contribution is -2.35. The fourth-order valence-corrected chi connectivity index (χ4v) is 8.26. The van der Waals surface area contributed by atoms with Crippen LogP contribution in [0.1, 0.15) is 114 Å². The Morgan fingerprint density at radius 2 is 1.43 bits per heavy atom. The predicted octanol–water partition coefficient (Wildman–Crippen LogP) is 10.6. The van der Waals surface area contributed by atoms with Crippen LogP contribution < -0.4 is 4.74 Å². The lowest BCUT2D eigenvalue weighted by Gasteiger charge is -2.45. The van der Waals surface area contributed by atoms with Gasteiger partial charge in [0.25, 0.3) is 0 Å². The van der Waals surface area contributed by atoms with E-state index in [9.17, 15) is 8.78 Å². The minimum Gasteiger partial charge on any atom is -0.490 e. The van der Waals surface area contributed by atoms with Gasteiger partial charge in [-0.25, -0.2) is 4.39 Å². The highest BCUT2D eigenvalue weighted by Crippen LogP contribution is 2.50. The highest BCUT2D eigenvalue weighted by atomic mass is 19.2. The number of benzene rings is 2. The molecule has 3 fully saturated rings. The quantitative estimate of drug-likeness (QED) is 0.268. The number of fused-ring (bicyclic) bond motifs is 1. The lowest BCUT2D eigenvalue weighted by molar-refractivity contribution is 0.0508. The van der Waals surface area contributed by atoms with Gasteiger partial charge >= 0.3 is 0 Å². The molecule has 0 aromatic heterocycles. The smallest absolute Gasteiger partial charge is 0.200 e. The molecule has 0 saturated heterocycles. The summed E-state index contributed by atoms with van der Waals surface area (Å²) in [6.45, 7) is 4.69. The van der Waals surface area contributed by atoms with Crippen molar-refractivity contribution in [1.82, 2.24) is 0 Å². The molecule has 0 aliphatic heterocycles. The van der Waals surface area contributed by atoms with Crippen LogP contribution in [0.2, 0.25) is 0 Å². The Hall–Kier alpha value is -2.16. The summed E-state index contributed by atoms with van der Waals surface area (Å²) in [6.07, 6.45) is 20.8. The molecule has 5 rings (SSSR count). The standard InChI is InChI=1S/C37H50F2O/c1-3-5-6-8-31-21-22-35(37(39)36(31)38)40-25-27-11-14-34-24-33(20-19-32(34)23-27)30-17-15-29(16-18-30)28-12-9-26(7-4-2)10-13-28/h3,5,9-10,12-13,21-22,27,29-30,32-34H,4,6-8,11,14-20,23-25H2,1-2H3/b5-3+. The van der Waals surface area contributed by atoms with E-state index in [4.69, 9.17) is 4.74 Å². The molecule has 3 aliphatic rings. The second-order valence-corrected chi connectivity index (χ2v) is 13.1. The van der Waals surface area contributed by atoms with Gasteiger partial charge in [-0.1, -0.05) is 55.8 Å². The van der Waals surface area contributed by atoms with Crippen molar-refractivity contribution in [2.24, 2.45) is 29.6 Å². The van der Waals surface area contributed by atoms with E-state index in [-0.39, 0.29) is 5.75 Å². The molecule has 40 heavy (non-hydrogen) atoms. The van der Waals surface area contributed by atoms with Crippen LogP contribution in [0.4, 0.5) is 8.78 Å². The van der Waals surface area contributed by atoms with Crippen LogP contribution in [-0.2, 0) is 12.8 Å². The molecule has 3 saturated carbocycles. The maximum absolute atomic E-state index is 14.7. The van der Waals surface area contributed by atoms with Crippen molar-refractivity contribution in [1.29, 1.82) is 0 Å². The normalized spacial score (nSPS) is 28.9. The third-order valence-electron chi connectivity index (χ3n) is 10.6. The summed E-state index contributed by atoms with van der Waals surface area (Å²) in [6, 6.07) is 12.8. The predicted molar refractivity (Wildman–Crippen MR) is 162 cm³/mol. The van der Waals surface area contributed by atoms with Crippen molar-refractivity contribution in [3.63, 3.8) is 0 Å². The van der Waals surface area contributed by atoms with Gasteiger partial charge in [0.1, 0.15) is 0 Å². The summed E-state index contributed by atoms with van der Waals surface area (Å²) in [5.74, 6) is 3.17. The number of hydrogen-bond donors (Lipinski definition) is 0. The number of ether oxygens (including phenoxy) is 1. The van der Waals surface area contributed by atoms with Crippen molar-refractivity contribution in [2.45, 2.75) is 110 Å². The molecule has 4 atom stereocenters. The average molecular weight is 549 g/mol. The number of allylic oxidation sites excluding steroid dienone is 2. The van der Waals surface area contributed by atoms with E-state index >= 15 is 0 Å². The van der Waals surface area contributed by atoms with Crippen molar-refractivity contribution >= 4 is 0 Å². The van der Waals surface area contributed by atoms with Crippen LogP contribution in [0.25, 0.3) is 0 Å². The molecule has 0 N–H and O–H groups in total. The van der Waals surface area contributed by atoms with Crippen LogP contribution in [-0.4, -0.2) is 6.61 Å². The van der Waals surface area contributed by atoms with Gasteiger partial charge in [-0.15, -0.1) is 0 Å². The zero-order valence-corrected chi connectivity index (χ0v) is 24.9. The van der Waals surface area contributed by atoms with E-state index in [1.165, 1.54) is 76.2 Å². The van der Waals surface area contributed by atoms with E-state index in [0.717, 1.165) is 36.0 Å². The summed E-state index contributed by atoms with van der Waals surface area (Å²) < 4.78 is 35.1. The summed E-state index contributed by atoms with van der Waals surface area (Å²) in [5, 5.41) is 0. The third-order valence-corrected chi connectivity index (χ3v) is 10.6. The van der Waals surface area contributed by atoms with E-state index in [0.29, 0.717) is 30.9 Å². The number of aryl methyl sites for hydroxylation is 2. The Balaban J connectivity index is 1.06. The summed E-state index contributed by atoms with van der Waals surface area (Å²) in [7, 11) is 0. The fourth-order valence-electron chi connectivity index (χ4n) is 8.26. The number of hydrogen-bond acceptors (Lipinski definition) is 1. The van der Waals surface area contributed by atoms with Gasteiger partial charge in [0, 0.05) is 0 Å². The Morgan fingerprint density at radius 3 is 2.15 bits per heavy atom. The second kappa shape index (κ2) is 14.1. The van der Waals surface area contributed by atoms with E-state index in [2.05, 4.69) is 31.2 Å². The highest BCUT2D eigenvalue weighted by molar-refractivity contribution is 5.31. The second-order valence-electron chi connectivity index (χ2n) is 13.1. The SMILES string of the molecule is C/C=C/CCc1ccc(OCC2CCC3CC(C4CCC(c5ccc(CCC)cc5)CC4)CCC3C2)c(F)c1F. The topological polar surface area (TPSA) is 9.23 Å². The average Bonchev–Trinajstić information content (AvgIpc) is 2.99. The molecule has 2 aromatic rings. The molecule has 218 valence electrons. The zero-order valence-electron chi connectivity index (χ0n) is 24.9. The molecule has 0 amide bonds. The Morgan fingerprint density at radius 1 is 0.750 bits per heavy atom. The molecule has 4 unspecified atom stereocenters. The summed E-state index contributed by atoms with van der Waals surface area (Å²) in [4.78, 5) is 0. The molecule has 0 spiro atoms.